The van der Waals surface area contributed by atoms with Crippen LogP contribution < -0.4 is 10.6 Å². The van der Waals surface area contributed by atoms with Gasteiger partial charge in [-0.1, -0.05) is 23.7 Å². The maximum Gasteiger partial charge on any atom is 0.416 e. The molecule has 1 atom stereocenters. The van der Waals surface area contributed by atoms with Crippen LogP contribution in [0.4, 0.5) is 13.2 Å². The molecule has 3 N–H and O–H groups in total. The summed E-state index contributed by atoms with van der Waals surface area (Å²) in [6.07, 6.45) is -3.66. The molecule has 0 aliphatic heterocycles. The number of nitrogens with one attached hydrogen (secondary N) is 2. The Morgan fingerprint density at radius 1 is 1.10 bits per heavy atom. The molecular formula is C18H22F3N5O4. The summed E-state index contributed by atoms with van der Waals surface area (Å²) in [5.41, 5.74) is 8.29. The number of hydrogen-bond donors (Lipinski definition) is 3. The molecule has 1 aromatic carbocycles. The number of halogens is 3. The predicted molar refractivity (Wildman–Crippen MR) is 100.0 cm³/mol. The van der Waals surface area contributed by atoms with Gasteiger partial charge in [0.05, 0.1) is 12.0 Å². The Kier molecular flexibility index (Phi) is 10.2. The molecule has 0 saturated carbocycles. The van der Waals surface area contributed by atoms with Gasteiger partial charge in [0, 0.05) is 24.4 Å². The number of unbranched alkanes of at least 4 members (excludes halogenated alkanes) is 1. The van der Waals surface area contributed by atoms with Gasteiger partial charge in [-0.2, -0.15) is 13.2 Å². The number of carbonyl (C=O) groups is 3. The first-order valence-electron chi connectivity index (χ1n) is 9.10. The molecule has 0 saturated heterocycles. The minimum atomic E-state index is -4.44. The molecule has 2 amide bonds. The van der Waals surface area contributed by atoms with Crippen molar-refractivity contribution in [2.45, 2.75) is 50.9 Å². The van der Waals surface area contributed by atoms with Crippen molar-refractivity contribution in [3.8, 4) is 0 Å². The van der Waals surface area contributed by atoms with E-state index in [9.17, 15) is 27.6 Å². The zero-order chi connectivity index (χ0) is 22.6. The van der Waals surface area contributed by atoms with Crippen molar-refractivity contribution >= 4 is 17.8 Å². The SMILES string of the molecule is [N-]=[N+]=N[C@H](CCCCNC(=O)CCC(=O)O)C(=O)NCc1ccc(C(F)(F)F)cc1. The average molecular weight is 429 g/mol. The molecule has 0 unspecified atom stereocenters. The van der Waals surface area contributed by atoms with Crippen molar-refractivity contribution in [2.24, 2.45) is 5.11 Å². The third-order valence-corrected chi connectivity index (χ3v) is 4.03. The maximum atomic E-state index is 12.5. The fourth-order valence-electron chi connectivity index (χ4n) is 2.42. The third-order valence-electron chi connectivity index (χ3n) is 4.03. The summed E-state index contributed by atoms with van der Waals surface area (Å²) >= 11 is 0. The quantitative estimate of drug-likeness (QED) is 0.203. The summed E-state index contributed by atoms with van der Waals surface area (Å²) in [4.78, 5) is 36.6. The zero-order valence-corrected chi connectivity index (χ0v) is 16.0. The second-order valence-electron chi connectivity index (χ2n) is 6.37. The molecule has 0 radical (unpaired) electrons. The number of nitrogens with zero attached hydrogens (tertiary/aromatic N) is 3. The van der Waals surface area contributed by atoms with Crippen molar-refractivity contribution in [1.29, 1.82) is 0 Å². The first kappa shape index (κ1) is 24.8. The van der Waals surface area contributed by atoms with Gasteiger partial charge < -0.3 is 15.7 Å². The van der Waals surface area contributed by atoms with Crippen LogP contribution in [-0.4, -0.2) is 35.5 Å². The Hall–Kier alpha value is -3.27. The van der Waals surface area contributed by atoms with E-state index < -0.39 is 35.6 Å². The van der Waals surface area contributed by atoms with Crippen LogP contribution >= 0.6 is 0 Å². The second-order valence-corrected chi connectivity index (χ2v) is 6.37. The van der Waals surface area contributed by atoms with Gasteiger partial charge >= 0.3 is 12.1 Å². The molecule has 0 aliphatic rings. The number of rotatable bonds is 12. The second kappa shape index (κ2) is 12.3. The molecule has 164 valence electrons. The number of carboxylic acids is 1. The summed E-state index contributed by atoms with van der Waals surface area (Å²) in [5, 5.41) is 17.0. The maximum absolute atomic E-state index is 12.5. The van der Waals surface area contributed by atoms with Crippen LogP contribution in [0.15, 0.2) is 29.4 Å². The molecule has 0 aromatic heterocycles. The van der Waals surface area contributed by atoms with Crippen LogP contribution in [0.1, 0.15) is 43.2 Å². The highest BCUT2D eigenvalue weighted by molar-refractivity contribution is 5.82. The van der Waals surface area contributed by atoms with Gasteiger partial charge in [-0.05, 0) is 36.1 Å². The molecule has 0 spiro atoms. The minimum absolute atomic E-state index is 0.0198. The van der Waals surface area contributed by atoms with E-state index in [1.165, 1.54) is 12.1 Å². The first-order valence-corrected chi connectivity index (χ1v) is 9.10. The highest BCUT2D eigenvalue weighted by Crippen LogP contribution is 2.29. The van der Waals surface area contributed by atoms with E-state index in [1.807, 2.05) is 0 Å². The van der Waals surface area contributed by atoms with Gasteiger partial charge in [-0.15, -0.1) is 0 Å². The van der Waals surface area contributed by atoms with Gasteiger partial charge in [0.2, 0.25) is 11.8 Å². The Bertz CT molecular complexity index is 777. The number of alkyl halides is 3. The van der Waals surface area contributed by atoms with Crippen molar-refractivity contribution in [1.82, 2.24) is 10.6 Å². The van der Waals surface area contributed by atoms with Gasteiger partial charge in [0.1, 0.15) is 6.04 Å². The number of azide groups is 1. The number of carbonyl (C=O) groups excluding carboxylic acids is 2. The van der Waals surface area contributed by atoms with Crippen LogP contribution in [0.5, 0.6) is 0 Å². The van der Waals surface area contributed by atoms with Crippen LogP contribution in [-0.2, 0) is 27.1 Å². The Morgan fingerprint density at radius 2 is 1.77 bits per heavy atom. The van der Waals surface area contributed by atoms with E-state index in [4.69, 9.17) is 10.6 Å². The number of amides is 2. The fraction of sp³-hybridized carbons (Fsp3) is 0.500. The number of carboxylic acid groups (broad SMARTS) is 1. The lowest BCUT2D eigenvalue weighted by molar-refractivity contribution is -0.139. The molecule has 9 nitrogen and oxygen atoms in total. The van der Waals surface area contributed by atoms with Crippen molar-refractivity contribution in [3.63, 3.8) is 0 Å². The van der Waals surface area contributed by atoms with Crippen molar-refractivity contribution in [2.75, 3.05) is 6.54 Å². The smallest absolute Gasteiger partial charge is 0.416 e. The fourth-order valence-corrected chi connectivity index (χ4v) is 2.42. The van der Waals surface area contributed by atoms with Gasteiger partial charge in [-0.25, -0.2) is 0 Å². The van der Waals surface area contributed by atoms with Crippen LogP contribution in [0.3, 0.4) is 0 Å². The van der Waals surface area contributed by atoms with Crippen LogP contribution in [0.2, 0.25) is 0 Å². The molecule has 30 heavy (non-hydrogen) atoms. The summed E-state index contributed by atoms with van der Waals surface area (Å²) in [6, 6.07) is 3.33. The van der Waals surface area contributed by atoms with E-state index in [1.54, 1.807) is 0 Å². The largest absolute Gasteiger partial charge is 0.481 e. The van der Waals surface area contributed by atoms with Gasteiger partial charge in [-0.3, -0.25) is 14.4 Å². The standard InChI is InChI=1S/C18H22F3N5O4/c19-18(20,21)13-6-4-12(5-7-13)11-24-17(30)14(25-26-22)3-1-2-10-23-15(27)8-9-16(28)29/h4-7,14H,1-3,8-11H2,(H,23,27)(H,24,30)(H,28,29)/t14-/m1/s1. The molecule has 12 heteroatoms. The van der Waals surface area contributed by atoms with Crippen LogP contribution in [0.25, 0.3) is 10.4 Å². The average Bonchev–Trinajstić information content (AvgIpc) is 2.69. The lowest BCUT2D eigenvalue weighted by Gasteiger charge is -2.13. The third kappa shape index (κ3) is 9.78. The predicted octanol–water partition coefficient (Wildman–Crippen LogP) is 3.15. The van der Waals surface area contributed by atoms with E-state index in [2.05, 4.69) is 20.7 Å². The topological polar surface area (TPSA) is 144 Å². The Balaban J connectivity index is 2.39. The lowest BCUT2D eigenvalue weighted by atomic mass is 10.1. The molecule has 0 heterocycles. The van der Waals surface area contributed by atoms with Crippen LogP contribution in [0, 0.1) is 0 Å². The molecular weight excluding hydrogens is 407 g/mol. The normalized spacial score (nSPS) is 11.8. The van der Waals surface area contributed by atoms with E-state index in [-0.39, 0.29) is 32.4 Å². The lowest BCUT2D eigenvalue weighted by Crippen LogP contribution is -2.33. The van der Waals surface area contributed by atoms with Crippen molar-refractivity contribution in [3.05, 3.63) is 45.8 Å². The Morgan fingerprint density at radius 3 is 2.33 bits per heavy atom. The highest BCUT2D eigenvalue weighted by atomic mass is 19.4. The van der Waals surface area contributed by atoms with E-state index in [0.717, 1.165) is 12.1 Å². The van der Waals surface area contributed by atoms with Gasteiger partial charge in [0.15, 0.2) is 0 Å². The van der Waals surface area contributed by atoms with Crippen molar-refractivity contribution < 1.29 is 32.7 Å². The number of benzene rings is 1. The Labute approximate surface area is 170 Å². The summed E-state index contributed by atoms with van der Waals surface area (Å²) in [5.74, 6) is -2.01. The summed E-state index contributed by atoms with van der Waals surface area (Å²) in [6.45, 7) is 0.267. The highest BCUT2D eigenvalue weighted by Gasteiger charge is 2.29. The molecule has 0 bridgehead atoms. The molecule has 1 aromatic rings. The number of hydrogen-bond acceptors (Lipinski definition) is 4. The first-order chi connectivity index (χ1) is 14.1. The van der Waals surface area contributed by atoms with Gasteiger partial charge in [0.25, 0.3) is 0 Å². The number of aliphatic carboxylic acids is 1. The monoisotopic (exact) mass is 429 g/mol. The van der Waals surface area contributed by atoms with E-state index in [0.29, 0.717) is 18.4 Å². The zero-order valence-electron chi connectivity index (χ0n) is 16.0. The summed E-state index contributed by atoms with van der Waals surface area (Å²) in [7, 11) is 0. The molecule has 0 aliphatic carbocycles. The summed E-state index contributed by atoms with van der Waals surface area (Å²) < 4.78 is 37.6. The minimum Gasteiger partial charge on any atom is -0.481 e. The molecule has 0 fully saturated rings. The molecule has 1 rings (SSSR count). The van der Waals surface area contributed by atoms with E-state index >= 15 is 0 Å².